The molecule has 6 heteroatoms. The molecule has 0 aromatic carbocycles. The zero-order valence-electron chi connectivity index (χ0n) is 7.97. The van der Waals surface area contributed by atoms with Gasteiger partial charge in [-0.3, -0.25) is 4.79 Å². The Labute approximate surface area is 85.3 Å². The Bertz CT molecular complexity index is 467. The van der Waals surface area contributed by atoms with Crippen LogP contribution in [0.4, 0.5) is 5.82 Å². The third kappa shape index (κ3) is 2.16. The maximum Gasteiger partial charge on any atom is 0.280 e. The number of aromatic nitrogens is 3. The molecule has 0 radical (unpaired) electrons. The number of hydrogen-bond donors (Lipinski definition) is 1. The number of nitrogens with zero attached hydrogens (tertiary/aromatic N) is 3. The van der Waals surface area contributed by atoms with Crippen LogP contribution in [0.1, 0.15) is 16.1 Å². The Hall–Kier alpha value is -2.24. The third-order valence-electron chi connectivity index (χ3n) is 1.75. The van der Waals surface area contributed by atoms with E-state index in [-0.39, 0.29) is 5.69 Å². The van der Waals surface area contributed by atoms with E-state index in [1.807, 2.05) is 13.0 Å². The summed E-state index contributed by atoms with van der Waals surface area (Å²) in [5.74, 6) is 0.0809. The van der Waals surface area contributed by atoms with E-state index in [0.29, 0.717) is 5.82 Å². The molecule has 0 saturated carbocycles. The van der Waals surface area contributed by atoms with Gasteiger partial charge in [0.1, 0.15) is 12.0 Å². The molecule has 1 N–H and O–H groups in total. The van der Waals surface area contributed by atoms with Crippen molar-refractivity contribution in [1.82, 2.24) is 15.3 Å². The molecule has 0 bridgehead atoms. The van der Waals surface area contributed by atoms with E-state index in [4.69, 9.17) is 0 Å². The second kappa shape index (κ2) is 3.87. The summed E-state index contributed by atoms with van der Waals surface area (Å²) < 4.78 is 4.32. The first kappa shape index (κ1) is 9.32. The molecule has 0 saturated heterocycles. The zero-order valence-corrected chi connectivity index (χ0v) is 7.97. The van der Waals surface area contributed by atoms with Crippen molar-refractivity contribution in [3.8, 4) is 0 Å². The minimum atomic E-state index is -0.394. The van der Waals surface area contributed by atoms with Crippen LogP contribution in [0.5, 0.6) is 0 Å². The number of pyridine rings is 1. The van der Waals surface area contributed by atoms with Crippen molar-refractivity contribution < 1.29 is 9.42 Å². The molecular formula is C9H8N4O2. The van der Waals surface area contributed by atoms with Gasteiger partial charge >= 0.3 is 0 Å². The van der Waals surface area contributed by atoms with Crippen molar-refractivity contribution in [3.05, 3.63) is 35.8 Å². The van der Waals surface area contributed by atoms with Crippen molar-refractivity contribution in [2.24, 2.45) is 0 Å². The SMILES string of the molecule is Cc1ccnc(NC(=O)c2cnon2)c1. The Kier molecular flexibility index (Phi) is 2.40. The summed E-state index contributed by atoms with van der Waals surface area (Å²) >= 11 is 0. The van der Waals surface area contributed by atoms with Gasteiger partial charge < -0.3 is 5.32 Å². The standard InChI is InChI=1S/C9H8N4O2/c1-6-2-3-10-8(4-6)12-9(14)7-5-11-15-13-7/h2-5H,1H3,(H,10,12,14). The molecule has 0 unspecified atom stereocenters. The number of amides is 1. The van der Waals surface area contributed by atoms with Gasteiger partial charge in [0.25, 0.3) is 5.91 Å². The van der Waals surface area contributed by atoms with Gasteiger partial charge in [0.05, 0.1) is 0 Å². The highest BCUT2D eigenvalue weighted by atomic mass is 16.6. The van der Waals surface area contributed by atoms with Crippen LogP contribution in [0.3, 0.4) is 0 Å². The average Bonchev–Trinajstić information content (AvgIpc) is 2.70. The summed E-state index contributed by atoms with van der Waals surface area (Å²) in [4.78, 5) is 15.5. The lowest BCUT2D eigenvalue weighted by Gasteiger charge is -2.01. The molecule has 76 valence electrons. The number of hydrogen-bond acceptors (Lipinski definition) is 5. The van der Waals surface area contributed by atoms with Gasteiger partial charge in [-0.2, -0.15) is 0 Å². The lowest BCUT2D eigenvalue weighted by Crippen LogP contribution is -2.13. The van der Waals surface area contributed by atoms with E-state index in [0.717, 1.165) is 5.56 Å². The van der Waals surface area contributed by atoms with Gasteiger partial charge in [-0.05, 0) is 29.8 Å². The van der Waals surface area contributed by atoms with Crippen molar-refractivity contribution in [3.63, 3.8) is 0 Å². The summed E-state index contributed by atoms with van der Waals surface area (Å²) in [5.41, 5.74) is 1.14. The van der Waals surface area contributed by atoms with Crippen molar-refractivity contribution in [2.45, 2.75) is 6.92 Å². The maximum absolute atomic E-state index is 11.5. The lowest BCUT2D eigenvalue weighted by molar-refractivity contribution is 0.101. The first-order chi connectivity index (χ1) is 7.25. The number of carbonyl (C=O) groups is 1. The predicted octanol–water partition coefficient (Wildman–Crippen LogP) is 1.03. The Morgan fingerprint density at radius 3 is 3.07 bits per heavy atom. The first-order valence-electron chi connectivity index (χ1n) is 4.27. The Morgan fingerprint density at radius 1 is 1.53 bits per heavy atom. The van der Waals surface area contributed by atoms with Crippen LogP contribution in [-0.4, -0.2) is 21.2 Å². The number of rotatable bonds is 2. The molecule has 2 heterocycles. The van der Waals surface area contributed by atoms with Gasteiger partial charge in [-0.15, -0.1) is 0 Å². The van der Waals surface area contributed by atoms with Crippen LogP contribution in [-0.2, 0) is 0 Å². The van der Waals surface area contributed by atoms with Crippen LogP contribution < -0.4 is 5.32 Å². The highest BCUT2D eigenvalue weighted by Crippen LogP contribution is 2.06. The molecule has 0 aliphatic carbocycles. The van der Waals surface area contributed by atoms with Crippen LogP contribution in [0.2, 0.25) is 0 Å². The third-order valence-corrected chi connectivity index (χ3v) is 1.75. The van der Waals surface area contributed by atoms with Crippen molar-refractivity contribution in [2.75, 3.05) is 5.32 Å². The summed E-state index contributed by atoms with van der Waals surface area (Å²) in [6, 6.07) is 3.60. The summed E-state index contributed by atoms with van der Waals surface area (Å²) in [5, 5.41) is 9.32. The van der Waals surface area contributed by atoms with E-state index in [1.165, 1.54) is 6.20 Å². The topological polar surface area (TPSA) is 80.9 Å². The van der Waals surface area contributed by atoms with Gasteiger partial charge in [-0.25, -0.2) is 9.61 Å². The van der Waals surface area contributed by atoms with E-state index >= 15 is 0 Å². The molecule has 6 nitrogen and oxygen atoms in total. The van der Waals surface area contributed by atoms with Gasteiger partial charge in [0.2, 0.25) is 0 Å². The monoisotopic (exact) mass is 204 g/mol. The molecule has 0 spiro atoms. The zero-order chi connectivity index (χ0) is 10.7. The molecule has 1 amide bonds. The van der Waals surface area contributed by atoms with E-state index in [1.54, 1.807) is 12.3 Å². The number of anilines is 1. The summed E-state index contributed by atoms with van der Waals surface area (Å²) in [6.07, 6.45) is 2.86. The summed E-state index contributed by atoms with van der Waals surface area (Å²) in [7, 11) is 0. The fourth-order valence-electron chi connectivity index (χ4n) is 1.05. The van der Waals surface area contributed by atoms with Crippen molar-refractivity contribution >= 4 is 11.7 Å². The second-order valence-electron chi connectivity index (χ2n) is 2.97. The van der Waals surface area contributed by atoms with E-state index in [9.17, 15) is 4.79 Å². The highest BCUT2D eigenvalue weighted by molar-refractivity contribution is 6.01. The molecule has 2 aromatic heterocycles. The molecule has 2 aromatic rings. The molecule has 0 fully saturated rings. The number of nitrogens with one attached hydrogen (secondary N) is 1. The normalized spacial score (nSPS) is 9.93. The smallest absolute Gasteiger partial charge is 0.280 e. The molecule has 0 aliphatic rings. The van der Waals surface area contributed by atoms with Gasteiger partial charge in [-0.1, -0.05) is 5.16 Å². The maximum atomic E-state index is 11.5. The van der Waals surface area contributed by atoms with Gasteiger partial charge in [0.15, 0.2) is 5.69 Å². The molecule has 0 atom stereocenters. The molecule has 2 rings (SSSR count). The van der Waals surface area contributed by atoms with E-state index in [2.05, 4.69) is 25.2 Å². The second-order valence-corrected chi connectivity index (χ2v) is 2.97. The highest BCUT2D eigenvalue weighted by Gasteiger charge is 2.10. The van der Waals surface area contributed by atoms with Crippen LogP contribution in [0.25, 0.3) is 0 Å². The first-order valence-corrected chi connectivity index (χ1v) is 4.27. The van der Waals surface area contributed by atoms with Crippen LogP contribution in [0.15, 0.2) is 29.2 Å². The number of carbonyl (C=O) groups excluding carboxylic acids is 1. The number of aryl methyl sites for hydroxylation is 1. The van der Waals surface area contributed by atoms with Crippen LogP contribution >= 0.6 is 0 Å². The molecule has 0 aliphatic heterocycles. The average molecular weight is 204 g/mol. The predicted molar refractivity (Wildman–Crippen MR) is 51.2 cm³/mol. The Balaban J connectivity index is 2.13. The summed E-state index contributed by atoms with van der Waals surface area (Å²) in [6.45, 7) is 1.91. The fourth-order valence-corrected chi connectivity index (χ4v) is 1.05. The minimum absolute atomic E-state index is 0.123. The Morgan fingerprint density at radius 2 is 2.40 bits per heavy atom. The fraction of sp³-hybridized carbons (Fsp3) is 0.111. The quantitative estimate of drug-likeness (QED) is 0.789. The van der Waals surface area contributed by atoms with Crippen molar-refractivity contribution in [1.29, 1.82) is 0 Å². The largest absolute Gasteiger partial charge is 0.305 e. The molecule has 15 heavy (non-hydrogen) atoms. The molecular weight excluding hydrogens is 196 g/mol. The van der Waals surface area contributed by atoms with Crippen LogP contribution in [0, 0.1) is 6.92 Å². The van der Waals surface area contributed by atoms with Gasteiger partial charge in [0, 0.05) is 6.20 Å². The van der Waals surface area contributed by atoms with E-state index < -0.39 is 5.91 Å². The lowest BCUT2D eigenvalue weighted by atomic mass is 10.3. The minimum Gasteiger partial charge on any atom is -0.305 e.